The van der Waals surface area contributed by atoms with Crippen LogP contribution in [-0.4, -0.2) is 47.3 Å². The Kier molecular flexibility index (Phi) is 6.42. The van der Waals surface area contributed by atoms with Crippen LogP contribution < -0.4 is 0 Å². The lowest BCUT2D eigenvalue weighted by molar-refractivity contribution is -0.133. The molecule has 2 N–H and O–H groups in total. The van der Waals surface area contributed by atoms with Crippen molar-refractivity contribution in [2.45, 2.75) is 38.5 Å². The maximum Gasteiger partial charge on any atom is 0.223 e. The van der Waals surface area contributed by atoms with Crippen LogP contribution in [-0.2, 0) is 4.79 Å². The van der Waals surface area contributed by atoms with Gasteiger partial charge in [-0.05, 0) is 18.8 Å². The van der Waals surface area contributed by atoms with E-state index in [1.54, 1.807) is 4.90 Å². The molecule has 1 fully saturated rings. The van der Waals surface area contributed by atoms with E-state index in [-0.39, 0.29) is 19.1 Å². The number of amides is 1. The third-order valence-corrected chi connectivity index (χ3v) is 3.28. The van der Waals surface area contributed by atoms with Gasteiger partial charge in [0.05, 0.1) is 13.2 Å². The second kappa shape index (κ2) is 7.63. The maximum atomic E-state index is 11.9. The molecule has 0 aromatic carbocycles. The van der Waals surface area contributed by atoms with Gasteiger partial charge < -0.3 is 15.1 Å². The lowest BCUT2D eigenvalue weighted by atomic mass is 9.86. The topological polar surface area (TPSA) is 60.8 Å². The predicted molar refractivity (Wildman–Crippen MR) is 61.9 cm³/mol. The Balaban J connectivity index is 2.34. The molecule has 0 aromatic heterocycles. The second-order valence-electron chi connectivity index (χ2n) is 4.54. The van der Waals surface area contributed by atoms with E-state index in [4.69, 9.17) is 10.2 Å². The zero-order valence-electron chi connectivity index (χ0n) is 9.90. The zero-order valence-corrected chi connectivity index (χ0v) is 9.90. The maximum absolute atomic E-state index is 11.9. The molecule has 0 aliphatic heterocycles. The third-order valence-electron chi connectivity index (χ3n) is 3.28. The number of rotatable bonds is 6. The Morgan fingerprint density at radius 1 is 1.06 bits per heavy atom. The van der Waals surface area contributed by atoms with Crippen molar-refractivity contribution in [3.05, 3.63) is 0 Å². The van der Waals surface area contributed by atoms with E-state index in [1.165, 1.54) is 19.3 Å². The van der Waals surface area contributed by atoms with Crippen molar-refractivity contribution in [2.75, 3.05) is 26.3 Å². The van der Waals surface area contributed by atoms with E-state index in [0.29, 0.717) is 25.4 Å². The molecule has 1 amide bonds. The molecule has 0 radical (unpaired) electrons. The Morgan fingerprint density at radius 2 is 1.62 bits per heavy atom. The molecule has 0 spiro atoms. The molecule has 4 nitrogen and oxygen atoms in total. The highest BCUT2D eigenvalue weighted by Gasteiger charge is 2.20. The van der Waals surface area contributed by atoms with Gasteiger partial charge in [-0.2, -0.15) is 0 Å². The summed E-state index contributed by atoms with van der Waals surface area (Å²) in [6.45, 7) is 0.616. The summed E-state index contributed by atoms with van der Waals surface area (Å²) < 4.78 is 0. The molecule has 1 aliphatic rings. The minimum absolute atomic E-state index is 0.0313. The van der Waals surface area contributed by atoms with Gasteiger partial charge in [-0.1, -0.05) is 19.3 Å². The van der Waals surface area contributed by atoms with Gasteiger partial charge in [0.1, 0.15) is 0 Å². The fourth-order valence-corrected chi connectivity index (χ4v) is 2.37. The van der Waals surface area contributed by atoms with E-state index in [2.05, 4.69) is 0 Å². The summed E-state index contributed by atoms with van der Waals surface area (Å²) >= 11 is 0. The Bertz CT molecular complexity index is 196. The number of carbonyl (C=O) groups excluding carboxylic acids is 1. The van der Waals surface area contributed by atoms with Gasteiger partial charge in [-0.15, -0.1) is 0 Å². The van der Waals surface area contributed by atoms with E-state index in [1.807, 2.05) is 0 Å². The van der Waals surface area contributed by atoms with Gasteiger partial charge in [0, 0.05) is 19.5 Å². The molecule has 94 valence electrons. The van der Waals surface area contributed by atoms with Gasteiger partial charge in [0.15, 0.2) is 0 Å². The lowest BCUT2D eigenvalue weighted by Gasteiger charge is -2.26. The summed E-state index contributed by atoms with van der Waals surface area (Å²) in [7, 11) is 0. The minimum atomic E-state index is -0.0313. The van der Waals surface area contributed by atoms with Crippen molar-refractivity contribution < 1.29 is 15.0 Å². The number of aliphatic hydroxyl groups is 2. The summed E-state index contributed by atoms with van der Waals surface area (Å²) in [6, 6.07) is 0. The molecule has 1 saturated carbocycles. The van der Waals surface area contributed by atoms with Crippen molar-refractivity contribution in [2.24, 2.45) is 5.92 Å². The summed E-state index contributed by atoms with van der Waals surface area (Å²) in [6.07, 6.45) is 6.65. The standard InChI is InChI=1S/C12H23NO3/c14-8-6-13(7-9-15)12(16)10-11-4-2-1-3-5-11/h11,14-15H,1-10H2. The molecule has 0 saturated heterocycles. The SMILES string of the molecule is O=C(CC1CCCCC1)N(CCO)CCO. The first-order chi connectivity index (χ1) is 7.77. The highest BCUT2D eigenvalue weighted by atomic mass is 16.3. The van der Waals surface area contributed by atoms with Crippen LogP contribution in [0.2, 0.25) is 0 Å². The molecule has 0 atom stereocenters. The molecule has 4 heteroatoms. The summed E-state index contributed by atoms with van der Waals surface area (Å²) in [5.74, 6) is 0.594. The molecule has 16 heavy (non-hydrogen) atoms. The summed E-state index contributed by atoms with van der Waals surface area (Å²) in [5.41, 5.74) is 0. The first kappa shape index (κ1) is 13.5. The number of nitrogens with zero attached hydrogens (tertiary/aromatic N) is 1. The van der Waals surface area contributed by atoms with Crippen LogP contribution in [0.1, 0.15) is 38.5 Å². The number of carbonyl (C=O) groups is 1. The van der Waals surface area contributed by atoms with Crippen LogP contribution in [0.25, 0.3) is 0 Å². The molecule has 0 heterocycles. The van der Waals surface area contributed by atoms with Gasteiger partial charge >= 0.3 is 0 Å². The fraction of sp³-hybridized carbons (Fsp3) is 0.917. The summed E-state index contributed by atoms with van der Waals surface area (Å²) in [5, 5.41) is 17.7. The van der Waals surface area contributed by atoms with Crippen LogP contribution in [0.3, 0.4) is 0 Å². The van der Waals surface area contributed by atoms with Crippen molar-refractivity contribution in [3.8, 4) is 0 Å². The van der Waals surface area contributed by atoms with E-state index >= 15 is 0 Å². The molecule has 0 bridgehead atoms. The first-order valence-electron chi connectivity index (χ1n) is 6.27. The van der Waals surface area contributed by atoms with Crippen molar-refractivity contribution >= 4 is 5.91 Å². The molecule has 0 aromatic rings. The summed E-state index contributed by atoms with van der Waals surface area (Å²) in [4.78, 5) is 13.5. The zero-order chi connectivity index (χ0) is 11.8. The Labute approximate surface area is 97.3 Å². The molecule has 1 aliphatic carbocycles. The molecule has 0 unspecified atom stereocenters. The first-order valence-corrected chi connectivity index (χ1v) is 6.27. The van der Waals surface area contributed by atoms with Crippen LogP contribution in [0.5, 0.6) is 0 Å². The molecular formula is C12H23NO3. The van der Waals surface area contributed by atoms with Crippen molar-refractivity contribution in [1.29, 1.82) is 0 Å². The third kappa shape index (κ3) is 4.49. The number of hydrogen-bond acceptors (Lipinski definition) is 3. The molecule has 1 rings (SSSR count). The number of aliphatic hydroxyl groups excluding tert-OH is 2. The predicted octanol–water partition coefficient (Wildman–Crippen LogP) is 0.770. The van der Waals surface area contributed by atoms with E-state index < -0.39 is 0 Å². The van der Waals surface area contributed by atoms with Gasteiger partial charge in [-0.3, -0.25) is 4.79 Å². The smallest absolute Gasteiger partial charge is 0.223 e. The average molecular weight is 229 g/mol. The monoisotopic (exact) mass is 229 g/mol. The van der Waals surface area contributed by atoms with Crippen LogP contribution in [0.15, 0.2) is 0 Å². The fourth-order valence-electron chi connectivity index (χ4n) is 2.37. The Hall–Kier alpha value is -0.610. The normalized spacial score (nSPS) is 17.4. The highest BCUT2D eigenvalue weighted by Crippen LogP contribution is 2.26. The van der Waals surface area contributed by atoms with Crippen molar-refractivity contribution in [3.63, 3.8) is 0 Å². The van der Waals surface area contributed by atoms with Crippen LogP contribution in [0.4, 0.5) is 0 Å². The minimum Gasteiger partial charge on any atom is -0.395 e. The molecular weight excluding hydrogens is 206 g/mol. The van der Waals surface area contributed by atoms with Gasteiger partial charge in [0.2, 0.25) is 5.91 Å². The lowest BCUT2D eigenvalue weighted by Crippen LogP contribution is -2.37. The van der Waals surface area contributed by atoms with Gasteiger partial charge in [0.25, 0.3) is 0 Å². The largest absolute Gasteiger partial charge is 0.395 e. The Morgan fingerprint density at radius 3 is 2.12 bits per heavy atom. The highest BCUT2D eigenvalue weighted by molar-refractivity contribution is 5.76. The van der Waals surface area contributed by atoms with E-state index in [9.17, 15) is 4.79 Å². The van der Waals surface area contributed by atoms with Gasteiger partial charge in [-0.25, -0.2) is 0 Å². The quantitative estimate of drug-likeness (QED) is 0.707. The van der Waals surface area contributed by atoms with E-state index in [0.717, 1.165) is 12.8 Å². The van der Waals surface area contributed by atoms with Crippen LogP contribution in [0, 0.1) is 5.92 Å². The van der Waals surface area contributed by atoms with Crippen molar-refractivity contribution in [1.82, 2.24) is 4.90 Å². The second-order valence-corrected chi connectivity index (χ2v) is 4.54. The average Bonchev–Trinajstić information content (AvgIpc) is 2.30. The number of hydrogen-bond donors (Lipinski definition) is 2. The van der Waals surface area contributed by atoms with Crippen LogP contribution >= 0.6 is 0 Å².